The number of halogens is 1. The van der Waals surface area contributed by atoms with Crippen LogP contribution >= 0.6 is 0 Å². The Morgan fingerprint density at radius 1 is 1.31 bits per heavy atom. The van der Waals surface area contributed by atoms with Crippen molar-refractivity contribution in [1.82, 2.24) is 4.98 Å². The standard InChI is InChI=1S/C10H11N2.HI/c1-8-3-4-10-9(7-8)11-5-6-12(10)2;/h3-7H,1-2H3;1H/q+1;/p-1. The fourth-order valence-electron chi connectivity index (χ4n) is 1.33. The zero-order valence-electron chi connectivity index (χ0n) is 7.66. The summed E-state index contributed by atoms with van der Waals surface area (Å²) >= 11 is 0. The van der Waals surface area contributed by atoms with E-state index in [4.69, 9.17) is 0 Å². The lowest BCUT2D eigenvalue weighted by atomic mass is 10.2. The van der Waals surface area contributed by atoms with Gasteiger partial charge in [0.15, 0.2) is 6.20 Å². The Kier molecular flexibility index (Phi) is 3.19. The second kappa shape index (κ2) is 4.00. The van der Waals surface area contributed by atoms with E-state index in [0.29, 0.717) is 0 Å². The van der Waals surface area contributed by atoms with Crippen LogP contribution in [0.25, 0.3) is 11.0 Å². The van der Waals surface area contributed by atoms with Gasteiger partial charge < -0.3 is 24.0 Å². The number of aryl methyl sites for hydroxylation is 2. The Morgan fingerprint density at radius 3 is 2.85 bits per heavy atom. The summed E-state index contributed by atoms with van der Waals surface area (Å²) < 4.78 is 2.07. The number of rotatable bonds is 0. The van der Waals surface area contributed by atoms with Gasteiger partial charge in [0.2, 0.25) is 5.52 Å². The molecule has 0 N–H and O–H groups in total. The molecule has 0 bridgehead atoms. The Labute approximate surface area is 94.6 Å². The summed E-state index contributed by atoms with van der Waals surface area (Å²) in [4.78, 5) is 4.28. The third-order valence-electron chi connectivity index (χ3n) is 2.01. The number of aromatic nitrogens is 2. The van der Waals surface area contributed by atoms with Gasteiger partial charge in [-0.1, -0.05) is 6.07 Å². The smallest absolute Gasteiger partial charge is 0.230 e. The maximum absolute atomic E-state index is 4.28. The summed E-state index contributed by atoms with van der Waals surface area (Å²) in [5.74, 6) is 0. The monoisotopic (exact) mass is 286 g/mol. The van der Waals surface area contributed by atoms with E-state index in [0.717, 1.165) is 5.52 Å². The number of hydrogen-bond acceptors (Lipinski definition) is 1. The summed E-state index contributed by atoms with van der Waals surface area (Å²) in [5.41, 5.74) is 3.48. The van der Waals surface area contributed by atoms with Crippen LogP contribution in [0.4, 0.5) is 0 Å². The van der Waals surface area contributed by atoms with Crippen LogP contribution in [0.5, 0.6) is 0 Å². The number of benzene rings is 1. The zero-order valence-corrected chi connectivity index (χ0v) is 9.82. The molecule has 0 aliphatic carbocycles. The van der Waals surface area contributed by atoms with E-state index in [1.165, 1.54) is 11.1 Å². The minimum Gasteiger partial charge on any atom is -1.00 e. The summed E-state index contributed by atoms with van der Waals surface area (Å²) in [7, 11) is 2.03. The summed E-state index contributed by atoms with van der Waals surface area (Å²) in [6.07, 6.45) is 3.78. The topological polar surface area (TPSA) is 16.8 Å². The first kappa shape index (κ1) is 10.4. The molecule has 2 nitrogen and oxygen atoms in total. The van der Waals surface area contributed by atoms with Gasteiger partial charge in [0.25, 0.3) is 0 Å². The van der Waals surface area contributed by atoms with Gasteiger partial charge in [0.05, 0.1) is 6.20 Å². The lowest BCUT2D eigenvalue weighted by Crippen LogP contribution is -3.00. The summed E-state index contributed by atoms with van der Waals surface area (Å²) in [5, 5.41) is 0. The third kappa shape index (κ3) is 1.96. The van der Waals surface area contributed by atoms with Crippen molar-refractivity contribution in [2.45, 2.75) is 6.92 Å². The Hall–Kier alpha value is -0.710. The van der Waals surface area contributed by atoms with Crippen molar-refractivity contribution in [1.29, 1.82) is 0 Å². The Bertz CT molecular complexity index is 426. The van der Waals surface area contributed by atoms with Crippen molar-refractivity contribution in [3.63, 3.8) is 0 Å². The molecule has 1 aromatic carbocycles. The van der Waals surface area contributed by atoms with E-state index < -0.39 is 0 Å². The first-order valence-electron chi connectivity index (χ1n) is 3.98. The molecule has 68 valence electrons. The van der Waals surface area contributed by atoms with Crippen molar-refractivity contribution in [3.8, 4) is 0 Å². The maximum atomic E-state index is 4.28. The molecule has 2 rings (SSSR count). The molecular weight excluding hydrogens is 275 g/mol. The van der Waals surface area contributed by atoms with Crippen molar-refractivity contribution >= 4 is 11.0 Å². The molecule has 0 aliphatic rings. The van der Waals surface area contributed by atoms with Crippen molar-refractivity contribution in [3.05, 3.63) is 36.2 Å². The van der Waals surface area contributed by atoms with E-state index in [-0.39, 0.29) is 24.0 Å². The fourth-order valence-corrected chi connectivity index (χ4v) is 1.33. The third-order valence-corrected chi connectivity index (χ3v) is 2.01. The van der Waals surface area contributed by atoms with Crippen LogP contribution in [-0.4, -0.2) is 4.98 Å². The van der Waals surface area contributed by atoms with Crippen LogP contribution in [0.3, 0.4) is 0 Å². The molecule has 0 amide bonds. The van der Waals surface area contributed by atoms with Gasteiger partial charge in [-0.2, -0.15) is 4.57 Å². The van der Waals surface area contributed by atoms with Gasteiger partial charge in [-0.25, -0.2) is 4.98 Å². The average Bonchev–Trinajstić information content (AvgIpc) is 2.04. The van der Waals surface area contributed by atoms with E-state index in [2.05, 4.69) is 34.7 Å². The highest BCUT2D eigenvalue weighted by Crippen LogP contribution is 2.07. The first-order chi connectivity index (χ1) is 5.77. The Balaban J connectivity index is 0.000000845. The van der Waals surface area contributed by atoms with Gasteiger partial charge in [0, 0.05) is 6.07 Å². The molecule has 3 heteroatoms. The van der Waals surface area contributed by atoms with Crippen LogP contribution in [0.15, 0.2) is 30.6 Å². The maximum Gasteiger partial charge on any atom is 0.230 e. The predicted molar refractivity (Wildman–Crippen MR) is 47.7 cm³/mol. The predicted octanol–water partition coefficient (Wildman–Crippen LogP) is -1.63. The van der Waals surface area contributed by atoms with Crippen LogP contribution in [0.1, 0.15) is 5.56 Å². The molecule has 0 radical (unpaired) electrons. The zero-order chi connectivity index (χ0) is 8.55. The molecule has 0 saturated heterocycles. The van der Waals surface area contributed by atoms with Crippen LogP contribution in [-0.2, 0) is 7.05 Å². The van der Waals surface area contributed by atoms with Gasteiger partial charge in [-0.3, -0.25) is 0 Å². The molecule has 1 heterocycles. The molecule has 0 saturated carbocycles. The highest BCUT2D eigenvalue weighted by molar-refractivity contribution is 5.71. The van der Waals surface area contributed by atoms with Crippen molar-refractivity contribution in [2.75, 3.05) is 0 Å². The number of fused-ring (bicyclic) bond motifs is 1. The lowest BCUT2D eigenvalue weighted by molar-refractivity contribution is -0.645. The van der Waals surface area contributed by atoms with E-state index in [9.17, 15) is 0 Å². The molecular formula is C10H11IN2. The molecule has 1 aromatic heterocycles. The van der Waals surface area contributed by atoms with E-state index in [1.807, 2.05) is 19.4 Å². The van der Waals surface area contributed by atoms with E-state index >= 15 is 0 Å². The molecule has 13 heavy (non-hydrogen) atoms. The van der Waals surface area contributed by atoms with E-state index in [1.54, 1.807) is 0 Å². The lowest BCUT2D eigenvalue weighted by Gasteiger charge is -1.95. The molecule has 2 aromatic rings. The van der Waals surface area contributed by atoms with Crippen molar-refractivity contribution < 1.29 is 28.5 Å². The SMILES string of the molecule is Cc1ccc2c(c1)ncc[n+]2C.[I-]. The van der Waals surface area contributed by atoms with Crippen molar-refractivity contribution in [2.24, 2.45) is 7.05 Å². The minimum atomic E-state index is 0. The van der Waals surface area contributed by atoms with Crippen LogP contribution in [0, 0.1) is 6.92 Å². The molecule has 0 spiro atoms. The van der Waals surface area contributed by atoms with Crippen LogP contribution in [0.2, 0.25) is 0 Å². The largest absolute Gasteiger partial charge is 1.00 e. The molecule has 0 fully saturated rings. The second-order valence-electron chi connectivity index (χ2n) is 3.03. The summed E-state index contributed by atoms with van der Waals surface area (Å²) in [6, 6.07) is 6.29. The number of nitrogens with zero attached hydrogens (tertiary/aromatic N) is 2. The first-order valence-corrected chi connectivity index (χ1v) is 3.98. The fraction of sp³-hybridized carbons (Fsp3) is 0.200. The number of hydrogen-bond donors (Lipinski definition) is 0. The highest BCUT2D eigenvalue weighted by atomic mass is 127. The average molecular weight is 286 g/mol. The normalized spacial score (nSPS) is 9.69. The second-order valence-corrected chi connectivity index (χ2v) is 3.03. The van der Waals surface area contributed by atoms with Crippen LogP contribution < -0.4 is 28.5 Å². The minimum absolute atomic E-state index is 0. The van der Waals surface area contributed by atoms with Gasteiger partial charge >= 0.3 is 0 Å². The summed E-state index contributed by atoms with van der Waals surface area (Å²) in [6.45, 7) is 2.08. The molecule has 0 aliphatic heterocycles. The molecule has 0 atom stereocenters. The van der Waals surface area contributed by atoms with Gasteiger partial charge in [-0.15, -0.1) is 0 Å². The Morgan fingerprint density at radius 2 is 2.08 bits per heavy atom. The van der Waals surface area contributed by atoms with Gasteiger partial charge in [-0.05, 0) is 18.6 Å². The quantitative estimate of drug-likeness (QED) is 0.420. The molecule has 0 unspecified atom stereocenters. The van der Waals surface area contributed by atoms with Gasteiger partial charge in [0.1, 0.15) is 12.6 Å². The highest BCUT2D eigenvalue weighted by Gasteiger charge is 2.03.